The lowest BCUT2D eigenvalue weighted by atomic mass is 10.1. The quantitative estimate of drug-likeness (QED) is 0.679. The van der Waals surface area contributed by atoms with Crippen molar-refractivity contribution in [3.63, 3.8) is 0 Å². The summed E-state index contributed by atoms with van der Waals surface area (Å²) in [6.07, 6.45) is 2.90. The van der Waals surface area contributed by atoms with E-state index >= 15 is 0 Å². The molecule has 0 spiro atoms. The van der Waals surface area contributed by atoms with Crippen LogP contribution >= 0.6 is 0 Å². The molecule has 1 aliphatic carbocycles. The van der Waals surface area contributed by atoms with Crippen LogP contribution < -0.4 is 10.6 Å². The van der Waals surface area contributed by atoms with E-state index in [1.165, 1.54) is 19.4 Å². The van der Waals surface area contributed by atoms with Gasteiger partial charge in [0.1, 0.15) is 0 Å². The molecule has 2 aliphatic rings. The molecule has 2 rings (SSSR count). The van der Waals surface area contributed by atoms with Crippen molar-refractivity contribution in [2.24, 2.45) is 11.8 Å². The monoisotopic (exact) mass is 198 g/mol. The number of ether oxygens (including phenoxy) is 1. The topological polar surface area (TPSA) is 33.3 Å². The molecule has 0 bridgehead atoms. The Labute approximate surface area is 86.6 Å². The molecular weight excluding hydrogens is 176 g/mol. The number of morpholine rings is 1. The summed E-state index contributed by atoms with van der Waals surface area (Å²) in [6.45, 7) is 7.32. The highest BCUT2D eigenvalue weighted by Crippen LogP contribution is 2.35. The highest BCUT2D eigenvalue weighted by molar-refractivity contribution is 4.81. The molecule has 0 aromatic heterocycles. The summed E-state index contributed by atoms with van der Waals surface area (Å²) in [6, 6.07) is 0.523. The van der Waals surface area contributed by atoms with Gasteiger partial charge in [-0.05, 0) is 31.2 Å². The van der Waals surface area contributed by atoms with Crippen LogP contribution in [0.5, 0.6) is 0 Å². The fourth-order valence-corrected chi connectivity index (χ4v) is 2.07. The first-order valence-corrected chi connectivity index (χ1v) is 5.88. The van der Waals surface area contributed by atoms with Gasteiger partial charge in [-0.3, -0.25) is 0 Å². The number of rotatable bonds is 5. The van der Waals surface area contributed by atoms with Gasteiger partial charge in [0.05, 0.1) is 13.2 Å². The number of hydrogen-bond donors (Lipinski definition) is 2. The summed E-state index contributed by atoms with van der Waals surface area (Å²) in [7, 11) is 0. The highest BCUT2D eigenvalue weighted by Gasteiger charge is 2.27. The Morgan fingerprint density at radius 1 is 1.50 bits per heavy atom. The van der Waals surface area contributed by atoms with Gasteiger partial charge in [-0.15, -0.1) is 0 Å². The lowest BCUT2D eigenvalue weighted by Crippen LogP contribution is -2.47. The molecule has 1 aliphatic heterocycles. The van der Waals surface area contributed by atoms with Crippen molar-refractivity contribution >= 4 is 0 Å². The maximum Gasteiger partial charge on any atom is 0.0632 e. The van der Waals surface area contributed by atoms with Crippen LogP contribution in [0, 0.1) is 11.8 Å². The van der Waals surface area contributed by atoms with Crippen molar-refractivity contribution in [1.29, 1.82) is 0 Å². The molecule has 0 aromatic carbocycles. The van der Waals surface area contributed by atoms with E-state index in [9.17, 15) is 0 Å². The second kappa shape index (κ2) is 5.10. The molecule has 2 N–H and O–H groups in total. The molecule has 2 unspecified atom stereocenters. The predicted molar refractivity (Wildman–Crippen MR) is 57.4 cm³/mol. The molecule has 3 nitrogen and oxygen atoms in total. The largest absolute Gasteiger partial charge is 0.378 e. The minimum absolute atomic E-state index is 0.523. The molecule has 14 heavy (non-hydrogen) atoms. The zero-order chi connectivity index (χ0) is 9.80. The fraction of sp³-hybridized carbons (Fsp3) is 1.00. The summed E-state index contributed by atoms with van der Waals surface area (Å²) in [5.74, 6) is 1.87. The van der Waals surface area contributed by atoms with E-state index in [1.54, 1.807) is 0 Å². The van der Waals surface area contributed by atoms with Gasteiger partial charge >= 0.3 is 0 Å². The van der Waals surface area contributed by atoms with Crippen LogP contribution in [0.4, 0.5) is 0 Å². The summed E-state index contributed by atoms with van der Waals surface area (Å²) in [4.78, 5) is 0. The van der Waals surface area contributed by atoms with E-state index in [-0.39, 0.29) is 0 Å². The highest BCUT2D eigenvalue weighted by atomic mass is 16.5. The van der Waals surface area contributed by atoms with Crippen LogP contribution in [0.1, 0.15) is 19.8 Å². The van der Waals surface area contributed by atoms with Crippen LogP contribution in [0.2, 0.25) is 0 Å². The van der Waals surface area contributed by atoms with E-state index in [0.29, 0.717) is 6.04 Å². The van der Waals surface area contributed by atoms with Crippen molar-refractivity contribution in [1.82, 2.24) is 10.6 Å². The summed E-state index contributed by atoms with van der Waals surface area (Å²) in [5.41, 5.74) is 0. The predicted octanol–water partition coefficient (Wildman–Crippen LogP) is 0.610. The molecule has 1 heterocycles. The second-order valence-electron chi connectivity index (χ2n) is 4.70. The molecule has 2 fully saturated rings. The Morgan fingerprint density at radius 3 is 3.00 bits per heavy atom. The molecule has 0 radical (unpaired) electrons. The Bertz CT molecular complexity index is 165. The third-order valence-corrected chi connectivity index (χ3v) is 3.28. The maximum absolute atomic E-state index is 5.40. The molecule has 3 heteroatoms. The number of hydrogen-bond acceptors (Lipinski definition) is 3. The van der Waals surface area contributed by atoms with Gasteiger partial charge in [-0.25, -0.2) is 0 Å². The Morgan fingerprint density at radius 2 is 2.36 bits per heavy atom. The summed E-state index contributed by atoms with van der Waals surface area (Å²) >= 11 is 0. The van der Waals surface area contributed by atoms with Crippen LogP contribution in [0.3, 0.4) is 0 Å². The molecular formula is C11H22N2O. The number of nitrogens with one attached hydrogen (secondary N) is 2. The van der Waals surface area contributed by atoms with Crippen molar-refractivity contribution in [2.75, 3.05) is 32.8 Å². The van der Waals surface area contributed by atoms with Gasteiger partial charge in [0, 0.05) is 19.1 Å². The van der Waals surface area contributed by atoms with E-state index in [0.717, 1.165) is 38.1 Å². The first-order valence-electron chi connectivity index (χ1n) is 5.88. The average molecular weight is 198 g/mol. The molecule has 2 atom stereocenters. The van der Waals surface area contributed by atoms with E-state index in [4.69, 9.17) is 4.74 Å². The molecule has 82 valence electrons. The lowest BCUT2D eigenvalue weighted by Gasteiger charge is -2.24. The van der Waals surface area contributed by atoms with Crippen LogP contribution in [0.25, 0.3) is 0 Å². The van der Waals surface area contributed by atoms with E-state index in [1.807, 2.05) is 0 Å². The van der Waals surface area contributed by atoms with Gasteiger partial charge in [0.25, 0.3) is 0 Å². The van der Waals surface area contributed by atoms with Crippen molar-refractivity contribution in [2.45, 2.75) is 25.8 Å². The Balaban J connectivity index is 1.52. The third kappa shape index (κ3) is 3.23. The average Bonchev–Trinajstić information content (AvgIpc) is 3.02. The fourth-order valence-electron chi connectivity index (χ4n) is 2.07. The third-order valence-electron chi connectivity index (χ3n) is 3.28. The van der Waals surface area contributed by atoms with Gasteiger partial charge in [0.15, 0.2) is 0 Å². The first-order chi connectivity index (χ1) is 6.86. The zero-order valence-corrected chi connectivity index (χ0v) is 9.09. The molecule has 1 saturated carbocycles. The standard InChI is InChI=1S/C11H22N2O/c1-9(10-2-3-10)6-12-7-11-8-14-5-4-13-11/h9-13H,2-8H2,1H3. The van der Waals surface area contributed by atoms with Gasteiger partial charge in [-0.1, -0.05) is 6.92 Å². The molecule has 1 saturated heterocycles. The second-order valence-corrected chi connectivity index (χ2v) is 4.70. The Hall–Kier alpha value is -0.120. The van der Waals surface area contributed by atoms with Crippen LogP contribution in [0.15, 0.2) is 0 Å². The molecule has 0 aromatic rings. The van der Waals surface area contributed by atoms with Crippen LogP contribution in [-0.2, 0) is 4.74 Å². The minimum Gasteiger partial charge on any atom is -0.378 e. The lowest BCUT2D eigenvalue weighted by molar-refractivity contribution is 0.0764. The molecule has 0 amide bonds. The van der Waals surface area contributed by atoms with Crippen molar-refractivity contribution in [3.05, 3.63) is 0 Å². The summed E-state index contributed by atoms with van der Waals surface area (Å²) < 4.78 is 5.40. The summed E-state index contributed by atoms with van der Waals surface area (Å²) in [5, 5.41) is 6.98. The van der Waals surface area contributed by atoms with Gasteiger partial charge in [-0.2, -0.15) is 0 Å². The SMILES string of the molecule is CC(CNCC1COCCN1)C1CC1. The van der Waals surface area contributed by atoms with E-state index < -0.39 is 0 Å². The smallest absolute Gasteiger partial charge is 0.0632 e. The maximum atomic E-state index is 5.40. The zero-order valence-electron chi connectivity index (χ0n) is 9.09. The van der Waals surface area contributed by atoms with Crippen LogP contribution in [-0.4, -0.2) is 38.9 Å². The van der Waals surface area contributed by atoms with Gasteiger partial charge in [0.2, 0.25) is 0 Å². The van der Waals surface area contributed by atoms with Crippen molar-refractivity contribution < 1.29 is 4.74 Å². The van der Waals surface area contributed by atoms with Crippen molar-refractivity contribution in [3.8, 4) is 0 Å². The Kier molecular flexibility index (Phi) is 3.79. The van der Waals surface area contributed by atoms with Gasteiger partial charge < -0.3 is 15.4 Å². The van der Waals surface area contributed by atoms with E-state index in [2.05, 4.69) is 17.6 Å². The normalized spacial score (nSPS) is 30.2. The first kappa shape index (κ1) is 10.4. The minimum atomic E-state index is 0.523.